The second-order valence-electron chi connectivity index (χ2n) is 3.22. The minimum Gasteiger partial charge on any atom is -0.477 e. The predicted molar refractivity (Wildman–Crippen MR) is 55.9 cm³/mol. The van der Waals surface area contributed by atoms with Gasteiger partial charge in [-0.05, 0) is 12.1 Å². The van der Waals surface area contributed by atoms with E-state index in [0.29, 0.717) is 6.07 Å². The lowest BCUT2D eigenvalue weighted by molar-refractivity contribution is 0.0690. The number of aromatic nitrogens is 2. The topological polar surface area (TPSA) is 66.0 Å². The zero-order valence-electron chi connectivity index (χ0n) is 8.17. The summed E-state index contributed by atoms with van der Waals surface area (Å²) in [5.41, 5.74) is -0.221. The van der Waals surface area contributed by atoms with E-state index >= 15 is 0 Å². The summed E-state index contributed by atoms with van der Waals surface area (Å²) >= 11 is 5.51. The number of hydrogen-bond acceptors (Lipinski definition) is 2. The van der Waals surface area contributed by atoms with Crippen LogP contribution in [0.3, 0.4) is 0 Å². The van der Waals surface area contributed by atoms with Crippen molar-refractivity contribution < 1.29 is 18.7 Å². The van der Waals surface area contributed by atoms with Crippen molar-refractivity contribution in [2.45, 2.75) is 0 Å². The van der Waals surface area contributed by atoms with E-state index in [9.17, 15) is 13.6 Å². The number of nitrogens with one attached hydrogen (secondary N) is 1. The smallest absolute Gasteiger partial charge is 0.353 e. The SMILES string of the molecule is O=C(O)c1cc(-c2cc(Cl)c(F)cc2F)n[nH]1. The van der Waals surface area contributed by atoms with Crippen LogP contribution in [0, 0.1) is 11.6 Å². The molecule has 1 aromatic carbocycles. The summed E-state index contributed by atoms with van der Waals surface area (Å²) in [6, 6.07) is 2.80. The third-order valence-corrected chi connectivity index (χ3v) is 2.38. The first-order valence-corrected chi connectivity index (χ1v) is 4.80. The Morgan fingerprint density at radius 3 is 2.59 bits per heavy atom. The highest BCUT2D eigenvalue weighted by Crippen LogP contribution is 2.27. The van der Waals surface area contributed by atoms with Gasteiger partial charge in [0.05, 0.1) is 10.7 Å². The fourth-order valence-corrected chi connectivity index (χ4v) is 1.45. The maximum absolute atomic E-state index is 13.4. The van der Waals surface area contributed by atoms with Gasteiger partial charge in [-0.3, -0.25) is 5.10 Å². The highest BCUT2D eigenvalue weighted by molar-refractivity contribution is 6.31. The molecule has 2 aromatic rings. The number of aromatic carboxylic acids is 1. The lowest BCUT2D eigenvalue weighted by Gasteiger charge is -2.00. The van der Waals surface area contributed by atoms with Gasteiger partial charge in [-0.2, -0.15) is 5.10 Å². The van der Waals surface area contributed by atoms with Crippen molar-refractivity contribution in [3.05, 3.63) is 40.6 Å². The third kappa shape index (κ3) is 2.12. The lowest BCUT2D eigenvalue weighted by atomic mass is 10.1. The Labute approximate surface area is 98.8 Å². The molecule has 0 amide bonds. The summed E-state index contributed by atoms with van der Waals surface area (Å²) in [5, 5.41) is 14.2. The first kappa shape index (κ1) is 11.5. The van der Waals surface area contributed by atoms with Crippen LogP contribution in [0.2, 0.25) is 5.02 Å². The van der Waals surface area contributed by atoms with Gasteiger partial charge in [0.25, 0.3) is 0 Å². The third-order valence-electron chi connectivity index (χ3n) is 2.09. The first-order chi connectivity index (χ1) is 7.99. The van der Waals surface area contributed by atoms with Gasteiger partial charge in [0.1, 0.15) is 17.3 Å². The molecule has 0 atom stereocenters. The fraction of sp³-hybridized carbons (Fsp3) is 0. The minimum atomic E-state index is -1.22. The number of carboxylic acids is 1. The zero-order chi connectivity index (χ0) is 12.6. The van der Waals surface area contributed by atoms with Gasteiger partial charge in [0.2, 0.25) is 0 Å². The Bertz CT molecular complexity index is 598. The summed E-state index contributed by atoms with van der Waals surface area (Å²) in [5.74, 6) is -2.98. The molecule has 0 radical (unpaired) electrons. The molecule has 0 unspecified atom stereocenters. The molecule has 0 spiro atoms. The maximum Gasteiger partial charge on any atom is 0.353 e. The molecular formula is C10H5ClF2N2O2. The molecule has 4 nitrogen and oxygen atoms in total. The highest BCUT2D eigenvalue weighted by atomic mass is 35.5. The van der Waals surface area contributed by atoms with Crippen LogP contribution in [-0.4, -0.2) is 21.3 Å². The molecule has 7 heteroatoms. The Balaban J connectivity index is 2.52. The van der Waals surface area contributed by atoms with E-state index in [1.54, 1.807) is 0 Å². The summed E-state index contributed by atoms with van der Waals surface area (Å²) < 4.78 is 26.3. The van der Waals surface area contributed by atoms with Crippen LogP contribution in [0.25, 0.3) is 11.3 Å². The fourth-order valence-electron chi connectivity index (χ4n) is 1.29. The molecule has 2 N–H and O–H groups in total. The van der Waals surface area contributed by atoms with Gasteiger partial charge < -0.3 is 5.11 Å². The van der Waals surface area contributed by atoms with Gasteiger partial charge >= 0.3 is 5.97 Å². The van der Waals surface area contributed by atoms with Crippen molar-refractivity contribution in [3.63, 3.8) is 0 Å². The van der Waals surface area contributed by atoms with Crippen molar-refractivity contribution in [3.8, 4) is 11.3 Å². The van der Waals surface area contributed by atoms with Crippen LogP contribution >= 0.6 is 11.6 Å². The Morgan fingerprint density at radius 1 is 1.29 bits per heavy atom. The molecule has 17 heavy (non-hydrogen) atoms. The predicted octanol–water partition coefficient (Wildman–Crippen LogP) is 2.71. The molecule has 0 aliphatic carbocycles. The van der Waals surface area contributed by atoms with Gasteiger partial charge in [-0.15, -0.1) is 0 Å². The summed E-state index contributed by atoms with van der Waals surface area (Å²) in [7, 11) is 0. The average Bonchev–Trinajstić information content (AvgIpc) is 2.72. The molecule has 0 aliphatic rings. The number of H-pyrrole nitrogens is 1. The number of nitrogens with zero attached hydrogens (tertiary/aromatic N) is 1. The molecule has 1 aromatic heterocycles. The Hall–Kier alpha value is -1.95. The van der Waals surface area contributed by atoms with E-state index in [4.69, 9.17) is 16.7 Å². The monoisotopic (exact) mass is 258 g/mol. The molecule has 0 aliphatic heterocycles. The van der Waals surface area contributed by atoms with Crippen molar-refractivity contribution in [1.29, 1.82) is 0 Å². The zero-order valence-corrected chi connectivity index (χ0v) is 8.92. The van der Waals surface area contributed by atoms with E-state index in [2.05, 4.69) is 10.2 Å². The van der Waals surface area contributed by atoms with E-state index in [0.717, 1.165) is 12.1 Å². The number of halogens is 3. The van der Waals surface area contributed by atoms with Crippen LogP contribution in [-0.2, 0) is 0 Å². The number of hydrogen-bond donors (Lipinski definition) is 2. The van der Waals surface area contributed by atoms with Crippen LogP contribution in [0.5, 0.6) is 0 Å². The Kier molecular flexibility index (Phi) is 2.81. The van der Waals surface area contributed by atoms with E-state index in [1.165, 1.54) is 0 Å². The van der Waals surface area contributed by atoms with Gasteiger partial charge in [0, 0.05) is 11.6 Å². The molecule has 1 heterocycles. The first-order valence-electron chi connectivity index (χ1n) is 4.42. The maximum atomic E-state index is 13.4. The second-order valence-corrected chi connectivity index (χ2v) is 3.63. The van der Waals surface area contributed by atoms with Crippen molar-refractivity contribution >= 4 is 17.6 Å². The number of benzene rings is 1. The summed E-state index contributed by atoms with van der Waals surface area (Å²) in [6.45, 7) is 0. The van der Waals surface area contributed by atoms with E-state index < -0.39 is 17.6 Å². The summed E-state index contributed by atoms with van der Waals surface area (Å²) in [6.07, 6.45) is 0. The largest absolute Gasteiger partial charge is 0.477 e. The average molecular weight is 259 g/mol. The number of carbonyl (C=O) groups is 1. The molecule has 2 rings (SSSR count). The molecule has 0 saturated heterocycles. The van der Waals surface area contributed by atoms with Crippen LogP contribution in [0.15, 0.2) is 18.2 Å². The normalized spacial score (nSPS) is 10.5. The highest BCUT2D eigenvalue weighted by Gasteiger charge is 2.15. The molecular weight excluding hydrogens is 254 g/mol. The number of rotatable bonds is 2. The van der Waals surface area contributed by atoms with Crippen molar-refractivity contribution in [2.24, 2.45) is 0 Å². The molecule has 0 bridgehead atoms. The van der Waals surface area contributed by atoms with Crippen LogP contribution in [0.4, 0.5) is 8.78 Å². The molecule has 0 fully saturated rings. The standard InChI is InChI=1S/C10H5ClF2N2O2/c11-5-1-4(6(12)2-7(5)13)8-3-9(10(16)17)15-14-8/h1-3H,(H,14,15)(H,16,17). The lowest BCUT2D eigenvalue weighted by Crippen LogP contribution is -1.95. The van der Waals surface area contributed by atoms with E-state index in [-0.39, 0.29) is 22.0 Å². The number of aromatic amines is 1. The quantitative estimate of drug-likeness (QED) is 0.814. The van der Waals surface area contributed by atoms with Gasteiger partial charge in [-0.25, -0.2) is 13.6 Å². The summed E-state index contributed by atoms with van der Waals surface area (Å²) in [4.78, 5) is 10.6. The minimum absolute atomic E-state index is 0.0433. The van der Waals surface area contributed by atoms with Crippen LogP contribution in [0.1, 0.15) is 10.5 Å². The van der Waals surface area contributed by atoms with Gasteiger partial charge in [0.15, 0.2) is 0 Å². The molecule has 88 valence electrons. The number of carboxylic acid groups (broad SMARTS) is 1. The Morgan fingerprint density at radius 2 is 2.00 bits per heavy atom. The second kappa shape index (κ2) is 4.14. The van der Waals surface area contributed by atoms with E-state index in [1.807, 2.05) is 0 Å². The van der Waals surface area contributed by atoms with Crippen molar-refractivity contribution in [1.82, 2.24) is 10.2 Å². The molecule has 0 saturated carbocycles. The van der Waals surface area contributed by atoms with Crippen LogP contribution < -0.4 is 0 Å². The van der Waals surface area contributed by atoms with Gasteiger partial charge in [-0.1, -0.05) is 11.6 Å². The van der Waals surface area contributed by atoms with Crippen molar-refractivity contribution in [2.75, 3.05) is 0 Å².